The highest BCUT2D eigenvalue weighted by molar-refractivity contribution is 6.50. The van der Waals surface area contributed by atoms with Crippen LogP contribution in [0.2, 0.25) is 0 Å². The number of rotatable bonds is 1. The Hall–Kier alpha value is -0.255. The predicted octanol–water partition coefficient (Wildman–Crippen LogP) is 1.69. The van der Waals surface area contributed by atoms with E-state index in [0.717, 1.165) is 6.42 Å². The summed E-state index contributed by atoms with van der Waals surface area (Å²) >= 11 is 0. The Balaban J connectivity index is 0. The molecule has 0 radical (unpaired) electrons. The van der Waals surface area contributed by atoms with E-state index in [2.05, 4.69) is 0 Å². The Labute approximate surface area is 50.8 Å². The monoisotopic (exact) mass is 147 g/mol. The summed E-state index contributed by atoms with van der Waals surface area (Å²) in [6.45, 7) is 2.25. The Morgan fingerprint density at radius 3 is 1.33 bits per heavy atom. The summed E-state index contributed by atoms with van der Waals surface area (Å²) in [5.41, 5.74) is 0. The van der Waals surface area contributed by atoms with E-state index >= 15 is 0 Å². The normalized spacial score (nSPS) is 10.0. The van der Waals surface area contributed by atoms with Gasteiger partial charge in [0, 0.05) is 6.61 Å². The molecule has 0 aliphatic carbocycles. The van der Waals surface area contributed by atoms with E-state index in [1.165, 1.54) is 0 Å². The quantitative estimate of drug-likeness (QED) is 0.441. The number of aliphatic hydroxyl groups excluding tert-OH is 1. The first-order valence-electron chi connectivity index (χ1n) is 2.40. The lowest BCUT2D eigenvalue weighted by atomic mass is 10.3. The summed E-state index contributed by atoms with van der Waals surface area (Å²) < 4.78 is 39.0. The van der Waals surface area contributed by atoms with Crippen LogP contribution in [0.25, 0.3) is 0 Å². The van der Waals surface area contributed by atoms with E-state index < -0.39 is 7.25 Å². The molecule has 0 rings (SSSR count). The van der Waals surface area contributed by atoms with E-state index in [4.69, 9.17) is 5.11 Å². The summed E-state index contributed by atoms with van der Waals surface area (Å²) in [5.74, 6) is 0. The molecule has 0 bridgehead atoms. The number of hydrogen-bond acceptors (Lipinski definition) is 1. The molecule has 0 fully saturated rings. The standard InChI is InChI=1S/C3H8O.BF4/c1-2-3-4;2-1(3,4)5/h4H,2-3H2,1H3;/q;-1. The summed E-state index contributed by atoms with van der Waals surface area (Å²) in [4.78, 5) is 0. The zero-order chi connectivity index (χ0) is 7.91. The maximum atomic E-state index is 9.75. The van der Waals surface area contributed by atoms with Crippen LogP contribution in [0.15, 0.2) is 0 Å². The van der Waals surface area contributed by atoms with Crippen molar-refractivity contribution in [1.29, 1.82) is 0 Å². The molecule has 1 N–H and O–H groups in total. The molecule has 1 nitrogen and oxygen atoms in total. The number of aliphatic hydroxyl groups is 1. The Morgan fingerprint density at radius 2 is 1.33 bits per heavy atom. The molecule has 0 unspecified atom stereocenters. The zero-order valence-corrected chi connectivity index (χ0v) is 4.95. The lowest BCUT2D eigenvalue weighted by Gasteiger charge is -1.94. The lowest BCUT2D eigenvalue weighted by Crippen LogP contribution is -2.02. The molecule has 0 aromatic rings. The van der Waals surface area contributed by atoms with Crippen LogP contribution in [0.1, 0.15) is 13.3 Å². The van der Waals surface area contributed by atoms with Crippen molar-refractivity contribution in [3.8, 4) is 0 Å². The van der Waals surface area contributed by atoms with E-state index in [1.807, 2.05) is 6.92 Å². The minimum absolute atomic E-state index is 0.319. The smallest absolute Gasteiger partial charge is 0.418 e. The van der Waals surface area contributed by atoms with E-state index in [-0.39, 0.29) is 0 Å². The molecule has 0 saturated heterocycles. The second-order valence-electron chi connectivity index (χ2n) is 1.22. The van der Waals surface area contributed by atoms with Gasteiger partial charge in [-0.05, 0) is 6.42 Å². The van der Waals surface area contributed by atoms with Gasteiger partial charge in [-0.3, -0.25) is 0 Å². The van der Waals surface area contributed by atoms with Gasteiger partial charge in [0.25, 0.3) is 0 Å². The maximum Gasteiger partial charge on any atom is 0.673 e. The van der Waals surface area contributed by atoms with Crippen molar-refractivity contribution in [3.63, 3.8) is 0 Å². The van der Waals surface area contributed by atoms with Crippen LogP contribution in [-0.4, -0.2) is 19.0 Å². The van der Waals surface area contributed by atoms with Crippen LogP contribution in [0.4, 0.5) is 17.3 Å². The second-order valence-corrected chi connectivity index (χ2v) is 1.22. The molecule has 0 aromatic heterocycles. The van der Waals surface area contributed by atoms with Gasteiger partial charge >= 0.3 is 7.25 Å². The second kappa shape index (κ2) is 5.87. The molecule has 6 heteroatoms. The molecule has 0 aromatic carbocycles. The largest absolute Gasteiger partial charge is 0.673 e. The highest BCUT2D eigenvalue weighted by Gasteiger charge is 2.20. The molecule has 0 heterocycles. The van der Waals surface area contributed by atoms with Gasteiger partial charge < -0.3 is 22.4 Å². The van der Waals surface area contributed by atoms with E-state index in [1.54, 1.807) is 0 Å². The number of hydrogen-bond donors (Lipinski definition) is 1. The third-order valence-corrected chi connectivity index (χ3v) is 0.224. The highest BCUT2D eigenvalue weighted by atomic mass is 19.5. The average molecular weight is 147 g/mol. The van der Waals surface area contributed by atoms with E-state index in [0.29, 0.717) is 6.61 Å². The van der Waals surface area contributed by atoms with Crippen molar-refractivity contribution in [3.05, 3.63) is 0 Å². The van der Waals surface area contributed by atoms with Crippen molar-refractivity contribution in [2.45, 2.75) is 13.3 Å². The predicted molar refractivity (Wildman–Crippen MR) is 27.6 cm³/mol. The van der Waals surface area contributed by atoms with E-state index in [9.17, 15) is 17.3 Å². The van der Waals surface area contributed by atoms with Gasteiger partial charge in [0.15, 0.2) is 0 Å². The molecule has 9 heavy (non-hydrogen) atoms. The van der Waals surface area contributed by atoms with Gasteiger partial charge in [-0.15, -0.1) is 0 Å². The van der Waals surface area contributed by atoms with Crippen LogP contribution in [0.3, 0.4) is 0 Å². The molecule has 0 amide bonds. The van der Waals surface area contributed by atoms with Gasteiger partial charge in [-0.1, -0.05) is 6.92 Å². The topological polar surface area (TPSA) is 20.2 Å². The molecule has 58 valence electrons. The number of halogens is 4. The lowest BCUT2D eigenvalue weighted by molar-refractivity contribution is 0.295. The summed E-state index contributed by atoms with van der Waals surface area (Å²) in [6.07, 6.45) is 0.875. The van der Waals surface area contributed by atoms with Gasteiger partial charge in [0.2, 0.25) is 0 Å². The SMILES string of the molecule is CCCO.F[B-](F)(F)F. The molecule has 0 saturated carbocycles. The summed E-state index contributed by atoms with van der Waals surface area (Å²) in [6, 6.07) is 0. The van der Waals surface area contributed by atoms with Crippen molar-refractivity contribution < 1.29 is 22.4 Å². The van der Waals surface area contributed by atoms with Gasteiger partial charge in [-0.2, -0.15) is 0 Å². The van der Waals surface area contributed by atoms with Crippen LogP contribution >= 0.6 is 0 Å². The minimum atomic E-state index is -6.00. The summed E-state index contributed by atoms with van der Waals surface area (Å²) in [7, 11) is -6.00. The van der Waals surface area contributed by atoms with Crippen molar-refractivity contribution in [2.24, 2.45) is 0 Å². The van der Waals surface area contributed by atoms with Crippen molar-refractivity contribution >= 4 is 7.25 Å². The van der Waals surface area contributed by atoms with Gasteiger partial charge in [0.05, 0.1) is 0 Å². The molecule has 0 spiro atoms. The molecular weight excluding hydrogens is 139 g/mol. The Kier molecular flexibility index (Phi) is 7.53. The maximum absolute atomic E-state index is 9.75. The first-order valence-corrected chi connectivity index (χ1v) is 2.40. The fourth-order valence-electron chi connectivity index (χ4n) is 0. The molecule has 0 atom stereocenters. The zero-order valence-electron chi connectivity index (χ0n) is 4.95. The van der Waals surface area contributed by atoms with Gasteiger partial charge in [-0.25, -0.2) is 0 Å². The van der Waals surface area contributed by atoms with Crippen molar-refractivity contribution in [1.82, 2.24) is 0 Å². The fraction of sp³-hybridized carbons (Fsp3) is 1.00. The first kappa shape index (κ1) is 11.5. The van der Waals surface area contributed by atoms with Crippen molar-refractivity contribution in [2.75, 3.05) is 6.61 Å². The minimum Gasteiger partial charge on any atom is -0.418 e. The molecule has 0 aliphatic rings. The van der Waals surface area contributed by atoms with Crippen LogP contribution in [0.5, 0.6) is 0 Å². The van der Waals surface area contributed by atoms with Crippen LogP contribution < -0.4 is 0 Å². The summed E-state index contributed by atoms with van der Waals surface area (Å²) in [5, 5.41) is 7.88. The van der Waals surface area contributed by atoms with Crippen LogP contribution in [0, 0.1) is 0 Å². The van der Waals surface area contributed by atoms with Crippen LogP contribution in [-0.2, 0) is 0 Å². The highest BCUT2D eigenvalue weighted by Crippen LogP contribution is 2.06. The fourth-order valence-corrected chi connectivity index (χ4v) is 0. The molecular formula is C3H8BF4O-. The molecule has 0 aliphatic heterocycles. The average Bonchev–Trinajstić information content (AvgIpc) is 1.61. The third kappa shape index (κ3) is 461. The Morgan fingerprint density at radius 1 is 1.22 bits per heavy atom. The Bertz CT molecular complexity index is 46.3. The third-order valence-electron chi connectivity index (χ3n) is 0.224. The first-order chi connectivity index (χ1) is 3.91. The van der Waals surface area contributed by atoms with Gasteiger partial charge in [0.1, 0.15) is 0 Å².